The molecule has 2 rings (SSSR count). The second-order valence-corrected chi connectivity index (χ2v) is 8.63. The number of benzene rings is 1. The zero-order chi connectivity index (χ0) is 21.9. The third-order valence-corrected chi connectivity index (χ3v) is 5.76. The van der Waals surface area contributed by atoms with Crippen molar-refractivity contribution in [3.63, 3.8) is 0 Å². The molecule has 1 fully saturated rings. The first-order valence-electron chi connectivity index (χ1n) is 10.5. The Hall–Kier alpha value is -2.22. The summed E-state index contributed by atoms with van der Waals surface area (Å²) in [4.78, 5) is 28.7. The lowest BCUT2D eigenvalue weighted by Gasteiger charge is -2.29. The molecule has 1 aromatic carbocycles. The molecule has 1 aliphatic rings. The van der Waals surface area contributed by atoms with Crippen molar-refractivity contribution in [1.82, 2.24) is 16.0 Å². The van der Waals surface area contributed by atoms with Crippen LogP contribution in [0.1, 0.15) is 52.0 Å². The largest absolute Gasteiger partial charge is 0.447 e. The van der Waals surface area contributed by atoms with Crippen LogP contribution in [0.2, 0.25) is 0 Å². The van der Waals surface area contributed by atoms with Crippen LogP contribution in [-0.2, 0) is 11.3 Å². The number of amides is 3. The number of ether oxygens (including phenoxy) is 1. The van der Waals surface area contributed by atoms with Gasteiger partial charge in [-0.05, 0) is 58.3 Å². The van der Waals surface area contributed by atoms with Crippen LogP contribution in [0.25, 0.3) is 0 Å². The van der Waals surface area contributed by atoms with Crippen molar-refractivity contribution in [1.29, 1.82) is 0 Å². The van der Waals surface area contributed by atoms with Gasteiger partial charge in [-0.1, -0.05) is 30.3 Å². The minimum absolute atomic E-state index is 0.115. The number of hydrogen-bond donors (Lipinski definition) is 3. The van der Waals surface area contributed by atoms with Crippen molar-refractivity contribution in [2.24, 2.45) is 10.9 Å². The Morgan fingerprint density at radius 3 is 2.40 bits per heavy atom. The first-order chi connectivity index (χ1) is 14.4. The van der Waals surface area contributed by atoms with E-state index in [4.69, 9.17) is 9.73 Å². The number of hydrogen-bond acceptors (Lipinski definition) is 5. The highest BCUT2D eigenvalue weighted by molar-refractivity contribution is 8.13. The summed E-state index contributed by atoms with van der Waals surface area (Å²) in [6.45, 7) is 6.05. The number of urea groups is 1. The highest BCUT2D eigenvalue weighted by Crippen LogP contribution is 2.29. The van der Waals surface area contributed by atoms with E-state index in [1.54, 1.807) is 11.8 Å². The average molecular weight is 435 g/mol. The van der Waals surface area contributed by atoms with Gasteiger partial charge in [-0.15, -0.1) is 11.8 Å². The molecular formula is C22H34N4O3S. The van der Waals surface area contributed by atoms with E-state index in [2.05, 4.69) is 16.0 Å². The molecular weight excluding hydrogens is 400 g/mol. The Morgan fingerprint density at radius 2 is 1.80 bits per heavy atom. The molecule has 7 nitrogen and oxygen atoms in total. The van der Waals surface area contributed by atoms with Gasteiger partial charge in [0.25, 0.3) is 0 Å². The minimum atomic E-state index is -0.341. The van der Waals surface area contributed by atoms with Gasteiger partial charge in [-0.2, -0.15) is 0 Å². The number of carbonyl (C=O) groups is 2. The lowest BCUT2D eigenvalue weighted by Crippen LogP contribution is -2.41. The topological polar surface area (TPSA) is 91.8 Å². The normalized spacial score (nSPS) is 20.4. The van der Waals surface area contributed by atoms with Crippen LogP contribution in [0, 0.1) is 5.92 Å². The second-order valence-electron chi connectivity index (χ2n) is 7.81. The highest BCUT2D eigenvalue weighted by atomic mass is 32.2. The predicted octanol–water partition coefficient (Wildman–Crippen LogP) is 4.29. The summed E-state index contributed by atoms with van der Waals surface area (Å²) in [6, 6.07) is 9.71. The molecule has 166 valence electrons. The predicted molar refractivity (Wildman–Crippen MR) is 123 cm³/mol. The monoisotopic (exact) mass is 434 g/mol. The minimum Gasteiger partial charge on any atom is -0.447 e. The summed E-state index contributed by atoms with van der Waals surface area (Å²) >= 11 is 1.63. The molecule has 30 heavy (non-hydrogen) atoms. The van der Waals surface area contributed by atoms with E-state index in [-0.39, 0.29) is 30.4 Å². The van der Waals surface area contributed by atoms with E-state index in [0.29, 0.717) is 12.5 Å². The summed E-state index contributed by atoms with van der Waals surface area (Å²) in [5.74, 6) is 0.357. The first kappa shape index (κ1) is 24.1. The Balaban J connectivity index is 1.77. The smallest absolute Gasteiger partial charge is 0.407 e. The van der Waals surface area contributed by atoms with Crippen molar-refractivity contribution < 1.29 is 14.3 Å². The van der Waals surface area contributed by atoms with Gasteiger partial charge in [0, 0.05) is 18.5 Å². The van der Waals surface area contributed by atoms with E-state index in [9.17, 15) is 9.59 Å². The molecule has 0 heterocycles. The van der Waals surface area contributed by atoms with E-state index in [1.807, 2.05) is 57.4 Å². The number of rotatable bonds is 7. The van der Waals surface area contributed by atoms with Gasteiger partial charge in [-0.3, -0.25) is 4.99 Å². The lowest BCUT2D eigenvalue weighted by molar-refractivity contribution is 0.109. The maximum atomic E-state index is 12.1. The van der Waals surface area contributed by atoms with Gasteiger partial charge in [0.1, 0.15) is 6.17 Å². The molecule has 1 saturated carbocycles. The number of thioether (sulfide) groups is 1. The molecule has 3 amide bonds. The third kappa shape index (κ3) is 8.65. The summed E-state index contributed by atoms with van der Waals surface area (Å²) in [7, 11) is 0. The molecule has 0 bridgehead atoms. The van der Waals surface area contributed by atoms with Crippen LogP contribution in [0.3, 0.4) is 0 Å². The van der Waals surface area contributed by atoms with Crippen molar-refractivity contribution in [3.8, 4) is 0 Å². The zero-order valence-corrected chi connectivity index (χ0v) is 19.1. The van der Waals surface area contributed by atoms with Crippen LogP contribution in [0.15, 0.2) is 35.3 Å². The number of alkyl carbamates (subject to hydrolysis) is 1. The quantitative estimate of drug-likeness (QED) is 0.441. The molecule has 1 aromatic rings. The molecule has 1 aliphatic carbocycles. The second kappa shape index (κ2) is 12.5. The fraction of sp³-hybridized carbons (Fsp3) is 0.591. The van der Waals surface area contributed by atoms with Crippen LogP contribution < -0.4 is 16.0 Å². The van der Waals surface area contributed by atoms with E-state index < -0.39 is 0 Å². The summed E-state index contributed by atoms with van der Waals surface area (Å²) in [6.07, 6.45) is 4.97. The Kier molecular flexibility index (Phi) is 10.00. The molecule has 0 aliphatic heterocycles. The van der Waals surface area contributed by atoms with Crippen molar-refractivity contribution in [2.75, 3.05) is 6.26 Å². The van der Waals surface area contributed by atoms with Crippen molar-refractivity contribution in [2.45, 2.75) is 71.3 Å². The molecule has 0 radical (unpaired) electrons. The Bertz CT molecular complexity index is 704. The summed E-state index contributed by atoms with van der Waals surface area (Å²) < 4.78 is 5.16. The van der Waals surface area contributed by atoms with Gasteiger partial charge in [-0.25, -0.2) is 9.59 Å². The van der Waals surface area contributed by atoms with Gasteiger partial charge in [0.2, 0.25) is 0 Å². The number of nitrogens with zero attached hydrogens (tertiary/aromatic N) is 1. The van der Waals surface area contributed by atoms with Crippen LogP contribution >= 0.6 is 11.8 Å². The van der Waals surface area contributed by atoms with Gasteiger partial charge in [0.15, 0.2) is 0 Å². The fourth-order valence-electron chi connectivity index (χ4n) is 3.47. The summed E-state index contributed by atoms with van der Waals surface area (Å²) in [5.41, 5.74) is 1.05. The number of aliphatic imine (C=N–C) groups is 1. The first-order valence-corrected chi connectivity index (χ1v) is 11.8. The number of carbonyl (C=O) groups excluding carboxylic acids is 2. The fourth-order valence-corrected chi connectivity index (χ4v) is 4.30. The average Bonchev–Trinajstić information content (AvgIpc) is 2.71. The molecule has 0 saturated heterocycles. The maximum Gasteiger partial charge on any atom is 0.407 e. The zero-order valence-electron chi connectivity index (χ0n) is 18.3. The van der Waals surface area contributed by atoms with E-state index >= 15 is 0 Å². The van der Waals surface area contributed by atoms with E-state index in [1.165, 1.54) is 0 Å². The molecule has 3 N–H and O–H groups in total. The van der Waals surface area contributed by atoms with Crippen LogP contribution in [0.4, 0.5) is 9.59 Å². The Labute approximate surface area is 183 Å². The van der Waals surface area contributed by atoms with Gasteiger partial charge < -0.3 is 20.7 Å². The third-order valence-electron chi connectivity index (χ3n) is 4.91. The molecule has 1 unspecified atom stereocenters. The maximum absolute atomic E-state index is 12.1. The molecule has 0 spiro atoms. The SMILES string of the molecule is CS/C(=N\C(C)NC(=O)NCc1ccccc1)C1CCC(NC(=O)OC(C)C)CC1. The highest BCUT2D eigenvalue weighted by Gasteiger charge is 2.26. The summed E-state index contributed by atoms with van der Waals surface area (Å²) in [5, 5.41) is 9.74. The molecule has 8 heteroatoms. The van der Waals surface area contributed by atoms with Crippen molar-refractivity contribution in [3.05, 3.63) is 35.9 Å². The number of nitrogens with one attached hydrogen (secondary N) is 3. The van der Waals surface area contributed by atoms with Crippen LogP contribution in [-0.4, -0.2) is 41.7 Å². The standard InChI is InChI=1S/C22H34N4O3S/c1-15(2)29-22(28)26-19-12-10-18(11-13-19)20(30-4)24-16(3)25-21(27)23-14-17-8-6-5-7-9-17/h5-9,15-16,18-19H,10-14H2,1-4H3,(H,26,28)(H2,23,25,27)/b24-20-. The molecule has 0 aromatic heterocycles. The lowest BCUT2D eigenvalue weighted by atomic mass is 9.86. The van der Waals surface area contributed by atoms with Crippen LogP contribution in [0.5, 0.6) is 0 Å². The Morgan fingerprint density at radius 1 is 1.13 bits per heavy atom. The van der Waals surface area contributed by atoms with Gasteiger partial charge >= 0.3 is 12.1 Å². The molecule has 1 atom stereocenters. The van der Waals surface area contributed by atoms with Crippen molar-refractivity contribution >= 4 is 28.9 Å². The van der Waals surface area contributed by atoms with E-state index in [0.717, 1.165) is 36.3 Å². The van der Waals surface area contributed by atoms with Gasteiger partial charge in [0.05, 0.1) is 11.1 Å².